The number of benzene rings is 1. The Labute approximate surface area is 128 Å². The average molecular weight is 291 g/mol. The predicted octanol–water partition coefficient (Wildman–Crippen LogP) is 3.96. The lowest BCUT2D eigenvalue weighted by Gasteiger charge is -2.41. The van der Waals surface area contributed by atoms with Gasteiger partial charge in [-0.05, 0) is 54.2 Å². The molecule has 0 bridgehead atoms. The topological polar surface area (TPSA) is 44.5 Å². The smallest absolute Gasteiger partial charge is 0.160 e. The van der Waals surface area contributed by atoms with Gasteiger partial charge in [-0.1, -0.05) is 26.8 Å². The Morgan fingerprint density at radius 3 is 2.29 bits per heavy atom. The van der Waals surface area contributed by atoms with Gasteiger partial charge in [-0.2, -0.15) is 0 Å². The monoisotopic (exact) mass is 291 g/mol. The molecular weight excluding hydrogens is 262 g/mol. The highest BCUT2D eigenvalue weighted by Gasteiger charge is 2.35. The number of rotatable bonds is 3. The lowest BCUT2D eigenvalue weighted by Crippen LogP contribution is -2.38. The van der Waals surface area contributed by atoms with Crippen LogP contribution in [0.5, 0.6) is 11.5 Å². The molecule has 0 radical (unpaired) electrons. The molecule has 1 fully saturated rings. The molecule has 0 saturated heterocycles. The highest BCUT2D eigenvalue weighted by Crippen LogP contribution is 2.44. The van der Waals surface area contributed by atoms with E-state index in [1.54, 1.807) is 14.2 Å². The van der Waals surface area contributed by atoms with Crippen molar-refractivity contribution in [2.24, 2.45) is 17.1 Å². The van der Waals surface area contributed by atoms with Crippen molar-refractivity contribution in [3.05, 3.63) is 23.8 Å². The minimum atomic E-state index is 0.238. The maximum Gasteiger partial charge on any atom is 0.160 e. The van der Waals surface area contributed by atoms with Crippen LogP contribution in [0, 0.1) is 11.3 Å². The zero-order chi connectivity index (χ0) is 15.6. The molecule has 0 aliphatic heterocycles. The van der Waals surface area contributed by atoms with E-state index in [1.807, 2.05) is 6.07 Å². The Balaban J connectivity index is 2.26. The van der Waals surface area contributed by atoms with Crippen LogP contribution in [0.3, 0.4) is 0 Å². The van der Waals surface area contributed by atoms with Gasteiger partial charge in [0.25, 0.3) is 0 Å². The fourth-order valence-corrected chi connectivity index (χ4v) is 3.45. The lowest BCUT2D eigenvalue weighted by atomic mass is 9.66. The van der Waals surface area contributed by atoms with Crippen molar-refractivity contribution in [3.8, 4) is 11.5 Å². The first kappa shape index (κ1) is 16.2. The molecule has 3 heteroatoms. The minimum Gasteiger partial charge on any atom is -0.493 e. The van der Waals surface area contributed by atoms with Gasteiger partial charge in [-0.3, -0.25) is 0 Å². The number of ether oxygens (including phenoxy) is 2. The summed E-state index contributed by atoms with van der Waals surface area (Å²) in [5.41, 5.74) is 8.02. The van der Waals surface area contributed by atoms with Crippen LogP contribution in [0.2, 0.25) is 0 Å². The molecule has 0 amide bonds. The Morgan fingerprint density at radius 2 is 1.71 bits per heavy atom. The Bertz CT molecular complexity index is 479. The summed E-state index contributed by atoms with van der Waals surface area (Å²) in [6, 6.07) is 6.45. The molecule has 21 heavy (non-hydrogen) atoms. The van der Waals surface area contributed by atoms with E-state index >= 15 is 0 Å². The van der Waals surface area contributed by atoms with Crippen molar-refractivity contribution >= 4 is 0 Å². The highest BCUT2D eigenvalue weighted by atomic mass is 16.5. The zero-order valence-corrected chi connectivity index (χ0v) is 14.0. The highest BCUT2D eigenvalue weighted by molar-refractivity contribution is 5.44. The zero-order valence-electron chi connectivity index (χ0n) is 14.0. The van der Waals surface area contributed by atoms with Crippen molar-refractivity contribution in [1.82, 2.24) is 0 Å². The summed E-state index contributed by atoms with van der Waals surface area (Å²) in [7, 11) is 3.35. The van der Waals surface area contributed by atoms with Gasteiger partial charge in [0.2, 0.25) is 0 Å². The second-order valence-electron chi connectivity index (χ2n) is 7.26. The molecule has 3 nitrogen and oxygen atoms in total. The normalized spacial score (nSPS) is 26.5. The third-order valence-electron chi connectivity index (χ3n) is 4.96. The van der Waals surface area contributed by atoms with Crippen LogP contribution >= 0.6 is 0 Å². The second kappa shape index (κ2) is 6.27. The van der Waals surface area contributed by atoms with Crippen LogP contribution in [-0.4, -0.2) is 20.3 Å². The lowest BCUT2D eigenvalue weighted by molar-refractivity contribution is 0.154. The van der Waals surface area contributed by atoms with Crippen molar-refractivity contribution in [3.63, 3.8) is 0 Å². The van der Waals surface area contributed by atoms with Crippen LogP contribution in [0.1, 0.15) is 51.5 Å². The minimum absolute atomic E-state index is 0.238. The van der Waals surface area contributed by atoms with Crippen LogP contribution < -0.4 is 15.2 Å². The van der Waals surface area contributed by atoms with Crippen molar-refractivity contribution in [1.29, 1.82) is 0 Å². The van der Waals surface area contributed by atoms with E-state index in [0.29, 0.717) is 11.3 Å². The molecule has 3 atom stereocenters. The van der Waals surface area contributed by atoms with Gasteiger partial charge in [-0.15, -0.1) is 0 Å². The molecule has 2 rings (SSSR count). The van der Waals surface area contributed by atoms with E-state index in [1.165, 1.54) is 12.0 Å². The third-order valence-corrected chi connectivity index (χ3v) is 4.96. The van der Waals surface area contributed by atoms with Crippen LogP contribution in [0.25, 0.3) is 0 Å². The summed E-state index contributed by atoms with van der Waals surface area (Å²) in [5.74, 6) is 2.69. The number of methoxy groups -OCH3 is 2. The largest absolute Gasteiger partial charge is 0.493 e. The van der Waals surface area contributed by atoms with Gasteiger partial charge < -0.3 is 15.2 Å². The van der Waals surface area contributed by atoms with E-state index in [9.17, 15) is 0 Å². The second-order valence-corrected chi connectivity index (χ2v) is 7.26. The van der Waals surface area contributed by atoms with E-state index in [2.05, 4.69) is 32.9 Å². The molecule has 118 valence electrons. The Morgan fingerprint density at radius 1 is 1.05 bits per heavy atom. The first-order valence-electron chi connectivity index (χ1n) is 7.84. The standard InChI is InChI=1S/C18H29NO2/c1-18(2,3)13-7-8-15(19)14(11-13)12-6-9-16(20-4)17(10-12)21-5/h6,9-10,13-15H,7-8,11,19H2,1-5H3. The van der Waals surface area contributed by atoms with Gasteiger partial charge in [-0.25, -0.2) is 0 Å². The van der Waals surface area contributed by atoms with Crippen molar-refractivity contribution in [2.45, 2.75) is 52.0 Å². The molecule has 0 spiro atoms. The summed E-state index contributed by atoms with van der Waals surface area (Å²) >= 11 is 0. The molecule has 3 unspecified atom stereocenters. The van der Waals surface area contributed by atoms with Gasteiger partial charge in [0.05, 0.1) is 14.2 Å². The summed E-state index contributed by atoms with van der Waals surface area (Å²) in [5, 5.41) is 0. The SMILES string of the molecule is COc1ccc(C2CC(C(C)(C)C)CCC2N)cc1OC. The molecular formula is C18H29NO2. The van der Waals surface area contributed by atoms with Crippen molar-refractivity contribution < 1.29 is 9.47 Å². The average Bonchev–Trinajstić information content (AvgIpc) is 2.45. The maximum absolute atomic E-state index is 6.41. The van der Waals surface area contributed by atoms with E-state index in [-0.39, 0.29) is 6.04 Å². The van der Waals surface area contributed by atoms with Gasteiger partial charge in [0, 0.05) is 6.04 Å². The maximum atomic E-state index is 6.41. The predicted molar refractivity (Wildman–Crippen MR) is 87.1 cm³/mol. The molecule has 1 saturated carbocycles. The van der Waals surface area contributed by atoms with Crippen LogP contribution in [-0.2, 0) is 0 Å². The fraction of sp³-hybridized carbons (Fsp3) is 0.667. The van der Waals surface area contributed by atoms with Gasteiger partial charge in [0.15, 0.2) is 11.5 Å². The van der Waals surface area contributed by atoms with Crippen LogP contribution in [0.4, 0.5) is 0 Å². The molecule has 0 aromatic heterocycles. The quantitative estimate of drug-likeness (QED) is 0.916. The molecule has 2 N–H and O–H groups in total. The third kappa shape index (κ3) is 3.52. The van der Waals surface area contributed by atoms with E-state index in [4.69, 9.17) is 15.2 Å². The Hall–Kier alpha value is -1.22. The molecule has 1 aromatic rings. The molecule has 1 aliphatic carbocycles. The van der Waals surface area contributed by atoms with E-state index in [0.717, 1.165) is 30.3 Å². The first-order chi connectivity index (χ1) is 9.86. The van der Waals surface area contributed by atoms with Gasteiger partial charge >= 0.3 is 0 Å². The number of hydrogen-bond donors (Lipinski definition) is 1. The molecule has 1 aromatic carbocycles. The molecule has 1 aliphatic rings. The van der Waals surface area contributed by atoms with E-state index < -0.39 is 0 Å². The summed E-state index contributed by atoms with van der Waals surface area (Å²) in [6.07, 6.45) is 3.48. The number of nitrogens with two attached hydrogens (primary N) is 1. The van der Waals surface area contributed by atoms with Crippen LogP contribution in [0.15, 0.2) is 18.2 Å². The summed E-state index contributed by atoms with van der Waals surface area (Å²) in [6.45, 7) is 7.00. The first-order valence-corrected chi connectivity index (χ1v) is 7.84. The van der Waals surface area contributed by atoms with Crippen molar-refractivity contribution in [2.75, 3.05) is 14.2 Å². The fourth-order valence-electron chi connectivity index (χ4n) is 3.45. The summed E-state index contributed by atoms with van der Waals surface area (Å²) in [4.78, 5) is 0. The molecule has 0 heterocycles. The van der Waals surface area contributed by atoms with Gasteiger partial charge in [0.1, 0.15) is 0 Å². The Kier molecular flexibility index (Phi) is 4.82. The summed E-state index contributed by atoms with van der Waals surface area (Å²) < 4.78 is 10.8. The number of hydrogen-bond acceptors (Lipinski definition) is 3.